The molecule has 130 valence electrons. The van der Waals surface area contributed by atoms with Gasteiger partial charge in [0.2, 0.25) is 0 Å². The summed E-state index contributed by atoms with van der Waals surface area (Å²) in [6.45, 7) is 3.35. The van der Waals surface area contributed by atoms with Gasteiger partial charge in [0.1, 0.15) is 17.8 Å². The topological polar surface area (TPSA) is 47.2 Å². The van der Waals surface area contributed by atoms with Crippen molar-refractivity contribution in [2.45, 2.75) is 19.9 Å². The van der Waals surface area contributed by atoms with Crippen LogP contribution in [0.25, 0.3) is 5.69 Å². The van der Waals surface area contributed by atoms with Crippen LogP contribution in [0, 0.1) is 5.82 Å². The van der Waals surface area contributed by atoms with Crippen LogP contribution in [0.1, 0.15) is 47.2 Å². The van der Waals surface area contributed by atoms with E-state index in [0.29, 0.717) is 33.2 Å². The summed E-state index contributed by atoms with van der Waals surface area (Å²) in [7, 11) is 0. The molecule has 0 amide bonds. The molecule has 1 aliphatic rings. The van der Waals surface area contributed by atoms with Gasteiger partial charge in [0.15, 0.2) is 5.78 Å². The van der Waals surface area contributed by atoms with Crippen LogP contribution in [0.4, 0.5) is 4.39 Å². The van der Waals surface area contributed by atoms with Crippen LogP contribution in [0.3, 0.4) is 0 Å². The van der Waals surface area contributed by atoms with Gasteiger partial charge in [-0.05, 0) is 37.3 Å². The lowest BCUT2D eigenvalue weighted by atomic mass is 10.00. The van der Waals surface area contributed by atoms with Gasteiger partial charge in [0, 0.05) is 23.1 Å². The summed E-state index contributed by atoms with van der Waals surface area (Å²) in [4.78, 5) is 21.0. The molecule has 0 radical (unpaired) electrons. The third kappa shape index (κ3) is 2.56. The number of benzene rings is 2. The van der Waals surface area contributed by atoms with Crippen molar-refractivity contribution in [2.75, 3.05) is 0 Å². The Kier molecular flexibility index (Phi) is 3.96. The van der Waals surface area contributed by atoms with Crippen LogP contribution in [-0.2, 0) is 0 Å². The molecule has 0 bridgehead atoms. The Balaban J connectivity index is 2.07. The molecule has 26 heavy (non-hydrogen) atoms. The first kappa shape index (κ1) is 16.7. The second kappa shape index (κ2) is 6.18. The van der Waals surface area contributed by atoms with Gasteiger partial charge in [-0.25, -0.2) is 9.37 Å². The largest absolute Gasteiger partial charge is 0.300 e. The van der Waals surface area contributed by atoms with Crippen molar-refractivity contribution in [3.63, 3.8) is 0 Å². The Hall–Kier alpha value is -2.79. The van der Waals surface area contributed by atoms with Crippen LogP contribution in [0.2, 0.25) is 5.02 Å². The monoisotopic (exact) mass is 367 g/mol. The summed E-state index contributed by atoms with van der Waals surface area (Å²) in [5, 5.41) is 0.524. The lowest BCUT2D eigenvalue weighted by Gasteiger charge is -2.12. The van der Waals surface area contributed by atoms with Gasteiger partial charge < -0.3 is 0 Å². The first-order valence-electron chi connectivity index (χ1n) is 8.18. The van der Waals surface area contributed by atoms with E-state index in [1.807, 2.05) is 17.6 Å². The molecular formula is C20H15ClFN3O. The van der Waals surface area contributed by atoms with Crippen molar-refractivity contribution in [1.29, 1.82) is 0 Å². The third-order valence-corrected chi connectivity index (χ3v) is 4.69. The van der Waals surface area contributed by atoms with Gasteiger partial charge in [0.05, 0.1) is 23.1 Å². The number of aromatic nitrogens is 2. The molecule has 3 aromatic rings. The van der Waals surface area contributed by atoms with E-state index in [4.69, 9.17) is 16.6 Å². The minimum atomic E-state index is -0.378. The zero-order valence-corrected chi connectivity index (χ0v) is 15.0. The molecule has 0 saturated carbocycles. The van der Waals surface area contributed by atoms with Crippen molar-refractivity contribution < 1.29 is 9.18 Å². The molecule has 4 rings (SSSR count). The molecule has 1 atom stereocenters. The summed E-state index contributed by atoms with van der Waals surface area (Å²) in [6, 6.07) is 11.5. The second-order valence-corrected chi connectivity index (χ2v) is 6.64. The minimum Gasteiger partial charge on any atom is -0.300 e. The number of rotatable bonds is 2. The summed E-state index contributed by atoms with van der Waals surface area (Å²) in [5.41, 5.74) is 3.41. The number of Topliss-reactive ketones (excluding diaryl/α,β-unsaturated/α-hetero) is 1. The first-order chi connectivity index (χ1) is 12.5. The highest BCUT2D eigenvalue weighted by molar-refractivity contribution is 6.31. The van der Waals surface area contributed by atoms with E-state index in [9.17, 15) is 9.18 Å². The van der Waals surface area contributed by atoms with Gasteiger partial charge >= 0.3 is 0 Å². The van der Waals surface area contributed by atoms with E-state index >= 15 is 0 Å². The smallest absolute Gasteiger partial charge is 0.180 e. The van der Waals surface area contributed by atoms with Gasteiger partial charge in [-0.15, -0.1) is 0 Å². The second-order valence-electron chi connectivity index (χ2n) is 6.20. The number of hydrogen-bond acceptors (Lipinski definition) is 3. The molecule has 1 aromatic heterocycles. The highest BCUT2D eigenvalue weighted by Crippen LogP contribution is 2.34. The summed E-state index contributed by atoms with van der Waals surface area (Å²) in [6.07, 6.45) is 1.61. The fraction of sp³-hybridized carbons (Fsp3) is 0.150. The normalized spacial score (nSPS) is 15.7. The van der Waals surface area contributed by atoms with Crippen molar-refractivity contribution in [3.05, 3.63) is 82.1 Å². The Labute approximate surface area is 155 Å². The quantitative estimate of drug-likeness (QED) is 0.612. The summed E-state index contributed by atoms with van der Waals surface area (Å²) >= 11 is 6.21. The molecule has 2 aromatic carbocycles. The minimum absolute atomic E-state index is 0.134. The van der Waals surface area contributed by atoms with Crippen LogP contribution < -0.4 is 0 Å². The van der Waals surface area contributed by atoms with E-state index in [0.717, 1.165) is 5.69 Å². The number of hydrogen-bond donors (Lipinski definition) is 0. The SMILES string of the molecule is CC(=O)c1ncn2c1[C@@H](C)N=C(c1ccccc1F)c1cc(Cl)ccc1-2. The molecule has 6 heteroatoms. The van der Waals surface area contributed by atoms with Crippen LogP contribution in [0.15, 0.2) is 53.8 Å². The molecule has 0 saturated heterocycles. The lowest BCUT2D eigenvalue weighted by molar-refractivity contribution is 0.101. The lowest BCUT2D eigenvalue weighted by Crippen LogP contribution is -2.09. The maximum absolute atomic E-state index is 14.5. The van der Waals surface area contributed by atoms with E-state index in [1.54, 1.807) is 36.7 Å². The Bertz CT molecular complexity index is 1070. The Morgan fingerprint density at radius 3 is 2.69 bits per heavy atom. The Morgan fingerprint density at radius 1 is 1.19 bits per heavy atom. The molecule has 0 spiro atoms. The highest BCUT2D eigenvalue weighted by atomic mass is 35.5. The van der Waals surface area contributed by atoms with Crippen molar-refractivity contribution in [2.24, 2.45) is 4.99 Å². The number of halogens is 2. The van der Waals surface area contributed by atoms with Crippen molar-refractivity contribution in [1.82, 2.24) is 9.55 Å². The number of fused-ring (bicyclic) bond motifs is 3. The fourth-order valence-electron chi connectivity index (χ4n) is 3.32. The van der Waals surface area contributed by atoms with Gasteiger partial charge in [-0.3, -0.25) is 14.4 Å². The first-order valence-corrected chi connectivity index (χ1v) is 8.56. The van der Waals surface area contributed by atoms with Gasteiger partial charge in [-0.1, -0.05) is 23.7 Å². The summed E-state index contributed by atoms with van der Waals surface area (Å²) < 4.78 is 16.3. The number of aliphatic imine (C=N–C) groups is 1. The molecule has 0 N–H and O–H groups in total. The average molecular weight is 368 g/mol. The molecular weight excluding hydrogens is 353 g/mol. The molecule has 2 heterocycles. The molecule has 0 fully saturated rings. The number of imidazole rings is 1. The van der Waals surface area contributed by atoms with E-state index in [-0.39, 0.29) is 17.6 Å². The average Bonchev–Trinajstić information content (AvgIpc) is 3.01. The number of ketones is 1. The molecule has 1 aliphatic heterocycles. The van der Waals surface area contributed by atoms with E-state index in [2.05, 4.69) is 4.98 Å². The zero-order valence-electron chi connectivity index (χ0n) is 14.2. The van der Waals surface area contributed by atoms with E-state index in [1.165, 1.54) is 13.0 Å². The van der Waals surface area contributed by atoms with E-state index < -0.39 is 0 Å². The molecule has 0 unspecified atom stereocenters. The maximum Gasteiger partial charge on any atom is 0.180 e. The Morgan fingerprint density at radius 2 is 1.96 bits per heavy atom. The zero-order chi connectivity index (χ0) is 18.4. The van der Waals surface area contributed by atoms with Gasteiger partial charge in [-0.2, -0.15) is 0 Å². The van der Waals surface area contributed by atoms with Crippen molar-refractivity contribution in [3.8, 4) is 5.69 Å². The molecule has 4 nitrogen and oxygen atoms in total. The predicted molar refractivity (Wildman–Crippen MR) is 99.0 cm³/mol. The summed E-state index contributed by atoms with van der Waals surface area (Å²) in [5.74, 6) is -0.494. The number of nitrogens with zero attached hydrogens (tertiary/aromatic N) is 3. The van der Waals surface area contributed by atoms with Crippen LogP contribution in [0.5, 0.6) is 0 Å². The number of carbonyl (C=O) groups excluding carboxylic acids is 1. The predicted octanol–water partition coefficient (Wildman–Crippen LogP) is 4.78. The standard InChI is InChI=1S/C20H15ClFN3O/c1-11-20-18(12(2)26)23-10-25(20)17-8-7-13(21)9-15(17)19(24-11)14-5-3-4-6-16(14)22/h3-11H,1-2H3/t11-/m1/s1. The maximum atomic E-state index is 14.5. The van der Waals surface area contributed by atoms with Crippen LogP contribution >= 0.6 is 11.6 Å². The number of carbonyl (C=O) groups is 1. The van der Waals surface area contributed by atoms with Crippen LogP contribution in [-0.4, -0.2) is 21.0 Å². The molecule has 0 aliphatic carbocycles. The van der Waals surface area contributed by atoms with Gasteiger partial charge in [0.25, 0.3) is 0 Å². The fourth-order valence-corrected chi connectivity index (χ4v) is 3.49. The highest BCUT2D eigenvalue weighted by Gasteiger charge is 2.28. The third-order valence-electron chi connectivity index (χ3n) is 4.46. The van der Waals surface area contributed by atoms with Crippen molar-refractivity contribution >= 4 is 23.1 Å².